The van der Waals surface area contributed by atoms with E-state index in [1.807, 2.05) is 20.8 Å². The second-order valence-corrected chi connectivity index (χ2v) is 7.46. The molecule has 1 fully saturated rings. The molecule has 1 amide bonds. The Bertz CT molecular complexity index is 448. The van der Waals surface area contributed by atoms with Gasteiger partial charge >= 0.3 is 6.09 Å². The van der Waals surface area contributed by atoms with Crippen molar-refractivity contribution < 1.29 is 19.0 Å². The molecule has 1 saturated heterocycles. The molecule has 0 aromatic heterocycles. The molecule has 0 bridgehead atoms. The minimum Gasteiger partial charge on any atom is -0.444 e. The van der Waals surface area contributed by atoms with Crippen LogP contribution in [-0.2, 0) is 14.2 Å². The fraction of sp³-hybridized carbons (Fsp3) is 0.889. The van der Waals surface area contributed by atoms with Crippen LogP contribution in [0.15, 0.2) is 4.99 Å². The number of guanidine groups is 1. The van der Waals surface area contributed by atoms with Crippen LogP contribution in [0.1, 0.15) is 27.2 Å². The van der Waals surface area contributed by atoms with Gasteiger partial charge in [0.2, 0.25) is 0 Å². The molecule has 0 unspecified atom stereocenters. The molecule has 27 heavy (non-hydrogen) atoms. The van der Waals surface area contributed by atoms with Crippen molar-refractivity contribution in [3.8, 4) is 0 Å². The normalized spacial score (nSPS) is 16.2. The molecule has 3 N–H and O–H groups in total. The number of methoxy groups -OCH3 is 1. The zero-order valence-electron chi connectivity index (χ0n) is 17.3. The summed E-state index contributed by atoms with van der Waals surface area (Å²) in [5.74, 6) is 0.396. The Balaban J connectivity index is 2.27. The van der Waals surface area contributed by atoms with Crippen molar-refractivity contribution in [3.63, 3.8) is 0 Å². The second-order valence-electron chi connectivity index (χ2n) is 7.46. The highest BCUT2D eigenvalue weighted by molar-refractivity contribution is 5.77. The average molecular weight is 388 g/mol. The van der Waals surface area contributed by atoms with Crippen molar-refractivity contribution in [2.45, 2.75) is 32.8 Å². The van der Waals surface area contributed by atoms with Gasteiger partial charge in [-0.3, -0.25) is 9.89 Å². The molecule has 0 radical (unpaired) electrons. The highest BCUT2D eigenvalue weighted by Crippen LogP contribution is 2.09. The highest BCUT2D eigenvalue weighted by atomic mass is 16.6. The Hall–Kier alpha value is -1.58. The Morgan fingerprint density at radius 2 is 2.00 bits per heavy atom. The van der Waals surface area contributed by atoms with E-state index in [1.165, 1.54) is 0 Å². The van der Waals surface area contributed by atoms with Gasteiger partial charge in [-0.2, -0.15) is 0 Å². The van der Waals surface area contributed by atoms with E-state index in [0.717, 1.165) is 39.3 Å². The average Bonchev–Trinajstić information content (AvgIpc) is 2.61. The Morgan fingerprint density at radius 1 is 1.30 bits per heavy atom. The summed E-state index contributed by atoms with van der Waals surface area (Å²) in [7, 11) is 1.60. The van der Waals surface area contributed by atoms with Crippen LogP contribution in [-0.4, -0.2) is 100 Å². The van der Waals surface area contributed by atoms with E-state index < -0.39 is 5.60 Å². The lowest BCUT2D eigenvalue weighted by Gasteiger charge is -2.27. The number of amides is 1. The quantitative estimate of drug-likeness (QED) is 0.320. The molecule has 9 nitrogen and oxygen atoms in total. The molecular formula is C18H37N5O4. The summed E-state index contributed by atoms with van der Waals surface area (Å²) in [6.07, 6.45) is 0.600. The van der Waals surface area contributed by atoms with Crippen LogP contribution in [0.25, 0.3) is 0 Å². The van der Waals surface area contributed by atoms with Crippen molar-refractivity contribution in [2.24, 2.45) is 10.7 Å². The molecule has 158 valence electrons. The van der Waals surface area contributed by atoms with E-state index >= 15 is 0 Å². The monoisotopic (exact) mass is 387 g/mol. The highest BCUT2D eigenvalue weighted by Gasteiger charge is 2.21. The van der Waals surface area contributed by atoms with E-state index in [9.17, 15) is 4.79 Å². The molecule has 9 heteroatoms. The van der Waals surface area contributed by atoms with Crippen molar-refractivity contribution in [3.05, 3.63) is 0 Å². The first-order valence-corrected chi connectivity index (χ1v) is 9.62. The van der Waals surface area contributed by atoms with Crippen LogP contribution < -0.4 is 11.1 Å². The SMILES string of the molecule is COCCN(CCNC(N)=NCCCN1CCOCC1)C(=O)OC(C)(C)C. The van der Waals surface area contributed by atoms with E-state index in [4.69, 9.17) is 19.9 Å². The molecule has 1 aliphatic rings. The third-order valence-electron chi connectivity index (χ3n) is 3.92. The zero-order valence-corrected chi connectivity index (χ0v) is 17.3. The lowest BCUT2D eigenvalue weighted by Crippen LogP contribution is -2.44. The van der Waals surface area contributed by atoms with Gasteiger partial charge in [0.1, 0.15) is 5.60 Å². The maximum atomic E-state index is 12.2. The van der Waals surface area contributed by atoms with E-state index in [0.29, 0.717) is 38.7 Å². The number of rotatable bonds is 10. The largest absolute Gasteiger partial charge is 0.444 e. The summed E-state index contributed by atoms with van der Waals surface area (Å²) in [4.78, 5) is 20.6. The molecule has 0 aliphatic carbocycles. The van der Waals surface area contributed by atoms with Crippen molar-refractivity contribution in [1.29, 1.82) is 0 Å². The predicted octanol–water partition coefficient (Wildman–Crippen LogP) is 0.497. The predicted molar refractivity (Wildman–Crippen MR) is 106 cm³/mol. The number of carbonyl (C=O) groups is 1. The van der Waals surface area contributed by atoms with E-state index in [1.54, 1.807) is 12.0 Å². The molecule has 1 heterocycles. The Morgan fingerprint density at radius 3 is 2.63 bits per heavy atom. The Labute approximate surface area is 163 Å². The van der Waals surface area contributed by atoms with Crippen LogP contribution in [0, 0.1) is 0 Å². The standard InChI is InChI=1S/C18H37N5O4/c1-18(2,3)27-17(24)23(12-13-25-4)9-7-21-16(19)20-6-5-8-22-10-14-26-15-11-22/h5-15H2,1-4H3,(H3,19,20,21). The summed E-state index contributed by atoms with van der Waals surface area (Å²) < 4.78 is 15.8. The Kier molecular flexibility index (Phi) is 11.1. The molecule has 0 aromatic carbocycles. The number of aliphatic imine (C=N–C) groups is 1. The molecule has 1 aliphatic heterocycles. The topological polar surface area (TPSA) is 102 Å². The smallest absolute Gasteiger partial charge is 0.410 e. The van der Waals surface area contributed by atoms with Gasteiger partial charge in [-0.1, -0.05) is 0 Å². The van der Waals surface area contributed by atoms with Crippen molar-refractivity contribution in [2.75, 3.05) is 72.7 Å². The summed E-state index contributed by atoms with van der Waals surface area (Å²) in [5.41, 5.74) is 5.37. The fourth-order valence-electron chi connectivity index (χ4n) is 2.52. The lowest BCUT2D eigenvalue weighted by molar-refractivity contribution is 0.0206. The number of hydrogen-bond acceptors (Lipinski definition) is 6. The number of ether oxygens (including phenoxy) is 3. The first-order valence-electron chi connectivity index (χ1n) is 9.62. The minimum atomic E-state index is -0.531. The van der Waals surface area contributed by atoms with Crippen molar-refractivity contribution in [1.82, 2.24) is 15.1 Å². The van der Waals surface area contributed by atoms with Gasteiger partial charge in [0, 0.05) is 52.9 Å². The van der Waals surface area contributed by atoms with Gasteiger partial charge in [-0.25, -0.2) is 4.79 Å². The van der Waals surface area contributed by atoms with Gasteiger partial charge in [0.15, 0.2) is 5.96 Å². The third-order valence-corrected chi connectivity index (χ3v) is 3.92. The minimum absolute atomic E-state index is 0.359. The van der Waals surface area contributed by atoms with Gasteiger partial charge in [0.05, 0.1) is 19.8 Å². The second kappa shape index (κ2) is 12.7. The first-order chi connectivity index (χ1) is 12.8. The fourth-order valence-corrected chi connectivity index (χ4v) is 2.52. The molecule has 0 aromatic rings. The summed E-state index contributed by atoms with van der Waals surface area (Å²) in [5, 5.41) is 3.05. The van der Waals surface area contributed by atoms with Crippen LogP contribution in [0.2, 0.25) is 0 Å². The maximum Gasteiger partial charge on any atom is 0.410 e. The van der Waals surface area contributed by atoms with Crippen molar-refractivity contribution >= 4 is 12.1 Å². The van der Waals surface area contributed by atoms with Crippen LogP contribution in [0.5, 0.6) is 0 Å². The number of nitrogens with zero attached hydrogens (tertiary/aromatic N) is 3. The number of nitrogens with two attached hydrogens (primary N) is 1. The van der Waals surface area contributed by atoms with E-state index in [-0.39, 0.29) is 6.09 Å². The van der Waals surface area contributed by atoms with Crippen LogP contribution >= 0.6 is 0 Å². The van der Waals surface area contributed by atoms with Gasteiger partial charge in [0.25, 0.3) is 0 Å². The maximum absolute atomic E-state index is 12.2. The number of hydrogen-bond donors (Lipinski definition) is 2. The van der Waals surface area contributed by atoms with Gasteiger partial charge in [-0.15, -0.1) is 0 Å². The first kappa shape index (κ1) is 23.5. The van der Waals surface area contributed by atoms with Crippen LogP contribution in [0.3, 0.4) is 0 Å². The summed E-state index contributed by atoms with van der Waals surface area (Å²) in [6.45, 7) is 12.7. The molecule has 1 rings (SSSR count). The number of nitrogens with one attached hydrogen (secondary N) is 1. The number of carbonyl (C=O) groups excluding carboxylic acids is 1. The van der Waals surface area contributed by atoms with Gasteiger partial charge in [-0.05, 0) is 27.2 Å². The molecule has 0 spiro atoms. The number of morpholine rings is 1. The molecular weight excluding hydrogens is 350 g/mol. The summed E-state index contributed by atoms with van der Waals surface area (Å²) in [6, 6.07) is 0. The van der Waals surface area contributed by atoms with E-state index in [2.05, 4.69) is 15.2 Å². The summed E-state index contributed by atoms with van der Waals surface area (Å²) >= 11 is 0. The third kappa shape index (κ3) is 11.7. The molecule has 0 saturated carbocycles. The van der Waals surface area contributed by atoms with Crippen LogP contribution in [0.4, 0.5) is 4.79 Å². The lowest BCUT2D eigenvalue weighted by atomic mass is 10.2. The zero-order chi connectivity index (χ0) is 20.1. The van der Waals surface area contributed by atoms with Gasteiger partial charge < -0.3 is 30.2 Å². The molecule has 0 atom stereocenters.